The quantitative estimate of drug-likeness (QED) is 0.575. The lowest BCUT2D eigenvalue weighted by Gasteiger charge is -2.02. The van der Waals surface area contributed by atoms with Crippen molar-refractivity contribution in [1.82, 2.24) is 25.8 Å². The molecule has 3 N–H and O–H groups in total. The van der Waals surface area contributed by atoms with E-state index in [0.29, 0.717) is 6.54 Å². The van der Waals surface area contributed by atoms with Gasteiger partial charge in [-0.1, -0.05) is 13.8 Å². The highest BCUT2D eigenvalue weighted by molar-refractivity contribution is 5.90. The minimum atomic E-state index is -0.215. The molecule has 1 rings (SSSR count). The van der Waals surface area contributed by atoms with Crippen LogP contribution in [0, 0.1) is 0 Å². The highest BCUT2D eigenvalue weighted by atomic mass is 16.2. The number of hydrogen-bond acceptors (Lipinski definition) is 4. The molecule has 0 bridgehead atoms. The molecule has 0 aromatic carbocycles. The monoisotopic (exact) mass is 225 g/mol. The molecule has 90 valence electrons. The van der Waals surface area contributed by atoms with Crippen LogP contribution in [0.1, 0.15) is 36.7 Å². The molecule has 16 heavy (non-hydrogen) atoms. The van der Waals surface area contributed by atoms with Gasteiger partial charge in [0.1, 0.15) is 5.82 Å². The molecular weight excluding hydrogens is 206 g/mol. The van der Waals surface area contributed by atoms with E-state index < -0.39 is 0 Å². The normalized spacial score (nSPS) is 10.4. The predicted molar refractivity (Wildman–Crippen MR) is 61.3 cm³/mol. The van der Waals surface area contributed by atoms with Crippen LogP contribution in [0.5, 0.6) is 0 Å². The predicted octanol–water partition coefficient (Wildman–Crippen LogP) is 0.0965. The third-order valence-corrected chi connectivity index (χ3v) is 2.14. The van der Waals surface area contributed by atoms with E-state index in [0.717, 1.165) is 31.8 Å². The molecule has 0 saturated heterocycles. The lowest BCUT2D eigenvalue weighted by molar-refractivity contribution is 0.0943. The molecule has 0 aliphatic heterocycles. The van der Waals surface area contributed by atoms with Gasteiger partial charge in [0.15, 0.2) is 0 Å². The fourth-order valence-corrected chi connectivity index (χ4v) is 1.23. The van der Waals surface area contributed by atoms with Gasteiger partial charge in [-0.15, -0.1) is 5.10 Å². The van der Waals surface area contributed by atoms with Crippen molar-refractivity contribution in [2.75, 3.05) is 19.6 Å². The zero-order valence-corrected chi connectivity index (χ0v) is 9.84. The van der Waals surface area contributed by atoms with Gasteiger partial charge in [0.2, 0.25) is 5.82 Å². The van der Waals surface area contributed by atoms with Gasteiger partial charge >= 0.3 is 0 Å². The summed E-state index contributed by atoms with van der Waals surface area (Å²) in [4.78, 5) is 15.6. The highest BCUT2D eigenvalue weighted by Crippen LogP contribution is 1.93. The number of carbonyl (C=O) groups excluding carboxylic acids is 1. The van der Waals surface area contributed by atoms with Gasteiger partial charge < -0.3 is 10.6 Å². The number of amides is 1. The largest absolute Gasteiger partial charge is 0.349 e. The fraction of sp³-hybridized carbons (Fsp3) is 0.700. The summed E-state index contributed by atoms with van der Waals surface area (Å²) in [7, 11) is 0. The second-order valence-corrected chi connectivity index (χ2v) is 3.42. The third-order valence-electron chi connectivity index (χ3n) is 2.14. The number of aromatic amines is 1. The fourth-order valence-electron chi connectivity index (χ4n) is 1.23. The van der Waals surface area contributed by atoms with Gasteiger partial charge in [0, 0.05) is 13.0 Å². The Morgan fingerprint density at radius 3 is 2.81 bits per heavy atom. The third kappa shape index (κ3) is 3.98. The Morgan fingerprint density at radius 1 is 1.38 bits per heavy atom. The lowest BCUT2D eigenvalue weighted by atomic mass is 10.4. The SMILES string of the molecule is CCNCCCNC(=O)c1n[nH]c(CC)n1. The second kappa shape index (κ2) is 6.95. The van der Waals surface area contributed by atoms with Crippen molar-refractivity contribution in [2.24, 2.45) is 0 Å². The first-order valence-electron chi connectivity index (χ1n) is 5.68. The van der Waals surface area contributed by atoms with Crippen molar-refractivity contribution in [1.29, 1.82) is 0 Å². The summed E-state index contributed by atoms with van der Waals surface area (Å²) in [5, 5.41) is 12.5. The topological polar surface area (TPSA) is 82.7 Å². The standard InChI is InChI=1S/C10H19N5O/c1-3-8-13-9(15-14-8)10(16)12-7-5-6-11-4-2/h11H,3-7H2,1-2H3,(H,12,16)(H,13,14,15). The molecule has 6 heteroatoms. The molecular formula is C10H19N5O. The molecule has 1 aromatic heterocycles. The van der Waals surface area contributed by atoms with Crippen molar-refractivity contribution < 1.29 is 4.79 Å². The Balaban J connectivity index is 2.24. The Labute approximate surface area is 95.2 Å². The van der Waals surface area contributed by atoms with E-state index in [4.69, 9.17) is 0 Å². The molecule has 1 amide bonds. The number of nitrogens with one attached hydrogen (secondary N) is 3. The van der Waals surface area contributed by atoms with Crippen molar-refractivity contribution in [3.8, 4) is 0 Å². The van der Waals surface area contributed by atoms with Gasteiger partial charge in [-0.25, -0.2) is 4.98 Å². The maximum Gasteiger partial charge on any atom is 0.290 e. The van der Waals surface area contributed by atoms with Crippen LogP contribution < -0.4 is 10.6 Å². The molecule has 0 saturated carbocycles. The summed E-state index contributed by atoms with van der Waals surface area (Å²) in [6.45, 7) is 6.51. The molecule has 0 radical (unpaired) electrons. The number of hydrogen-bond donors (Lipinski definition) is 3. The van der Waals surface area contributed by atoms with Crippen molar-refractivity contribution in [2.45, 2.75) is 26.7 Å². The Bertz CT molecular complexity index is 323. The maximum absolute atomic E-state index is 11.5. The summed E-state index contributed by atoms with van der Waals surface area (Å²) in [5.41, 5.74) is 0. The molecule has 0 aliphatic carbocycles. The van der Waals surface area contributed by atoms with Crippen molar-refractivity contribution >= 4 is 5.91 Å². The molecule has 0 unspecified atom stereocenters. The summed E-state index contributed by atoms with van der Waals surface area (Å²) >= 11 is 0. The zero-order valence-electron chi connectivity index (χ0n) is 9.84. The Kier molecular flexibility index (Phi) is 5.49. The van der Waals surface area contributed by atoms with E-state index in [-0.39, 0.29) is 11.7 Å². The van der Waals surface area contributed by atoms with E-state index in [1.807, 2.05) is 6.92 Å². The number of rotatable bonds is 7. The van der Waals surface area contributed by atoms with Gasteiger partial charge in [-0.3, -0.25) is 9.89 Å². The molecule has 6 nitrogen and oxygen atoms in total. The van der Waals surface area contributed by atoms with Crippen LogP contribution in [-0.2, 0) is 6.42 Å². The molecule has 0 spiro atoms. The van der Waals surface area contributed by atoms with Crippen LogP contribution in [0.15, 0.2) is 0 Å². The van der Waals surface area contributed by atoms with Crippen molar-refractivity contribution in [3.63, 3.8) is 0 Å². The Hall–Kier alpha value is -1.43. The zero-order chi connectivity index (χ0) is 11.8. The van der Waals surface area contributed by atoms with Crippen molar-refractivity contribution in [3.05, 3.63) is 11.6 Å². The first-order chi connectivity index (χ1) is 7.77. The number of aromatic nitrogens is 3. The van der Waals surface area contributed by atoms with E-state index in [9.17, 15) is 4.79 Å². The van der Waals surface area contributed by atoms with E-state index in [2.05, 4.69) is 32.7 Å². The summed E-state index contributed by atoms with van der Waals surface area (Å²) < 4.78 is 0. The first-order valence-corrected chi connectivity index (χ1v) is 5.68. The van der Waals surface area contributed by atoms with Crippen LogP contribution in [-0.4, -0.2) is 40.7 Å². The van der Waals surface area contributed by atoms with Gasteiger partial charge in [0.25, 0.3) is 5.91 Å². The molecule has 1 aromatic rings. The number of aryl methyl sites for hydroxylation is 1. The lowest BCUT2D eigenvalue weighted by Crippen LogP contribution is -2.28. The average Bonchev–Trinajstić information content (AvgIpc) is 2.77. The van der Waals surface area contributed by atoms with Crippen LogP contribution >= 0.6 is 0 Å². The van der Waals surface area contributed by atoms with E-state index in [1.54, 1.807) is 0 Å². The van der Waals surface area contributed by atoms with Gasteiger partial charge in [-0.05, 0) is 19.5 Å². The number of H-pyrrole nitrogens is 1. The second-order valence-electron chi connectivity index (χ2n) is 3.42. The highest BCUT2D eigenvalue weighted by Gasteiger charge is 2.10. The summed E-state index contributed by atoms with van der Waals surface area (Å²) in [5.74, 6) is 0.741. The van der Waals surface area contributed by atoms with Gasteiger partial charge in [0.05, 0.1) is 0 Å². The molecule has 1 heterocycles. The maximum atomic E-state index is 11.5. The Morgan fingerprint density at radius 2 is 2.19 bits per heavy atom. The minimum Gasteiger partial charge on any atom is -0.349 e. The smallest absolute Gasteiger partial charge is 0.290 e. The average molecular weight is 225 g/mol. The first kappa shape index (κ1) is 12.6. The number of nitrogens with zero attached hydrogens (tertiary/aromatic N) is 2. The van der Waals surface area contributed by atoms with Crippen LogP contribution in [0.4, 0.5) is 0 Å². The van der Waals surface area contributed by atoms with Crippen LogP contribution in [0.3, 0.4) is 0 Å². The molecule has 0 aliphatic rings. The molecule has 0 atom stereocenters. The van der Waals surface area contributed by atoms with Crippen LogP contribution in [0.25, 0.3) is 0 Å². The van der Waals surface area contributed by atoms with E-state index in [1.165, 1.54) is 0 Å². The molecule has 0 fully saturated rings. The minimum absolute atomic E-state index is 0.215. The number of carbonyl (C=O) groups is 1. The summed E-state index contributed by atoms with van der Waals surface area (Å²) in [6, 6.07) is 0. The van der Waals surface area contributed by atoms with Crippen LogP contribution in [0.2, 0.25) is 0 Å². The summed E-state index contributed by atoms with van der Waals surface area (Å²) in [6.07, 6.45) is 1.66. The van der Waals surface area contributed by atoms with Gasteiger partial charge in [-0.2, -0.15) is 0 Å². The van der Waals surface area contributed by atoms with E-state index >= 15 is 0 Å².